The molecule has 7 nitrogen and oxygen atoms in total. The molecule has 1 heterocycles. The fourth-order valence-electron chi connectivity index (χ4n) is 2.51. The molecule has 9 heteroatoms. The Morgan fingerprint density at radius 1 is 1.00 bits per heavy atom. The zero-order valence-corrected chi connectivity index (χ0v) is 14.9. The van der Waals surface area contributed by atoms with Gasteiger partial charge < -0.3 is 0 Å². The quantitative estimate of drug-likeness (QED) is 0.749. The first-order valence-electron chi connectivity index (χ1n) is 7.19. The normalized spacial score (nSPS) is 11.6. The molecule has 2 aromatic carbocycles. The van der Waals surface area contributed by atoms with Gasteiger partial charge in [-0.15, -0.1) is 0 Å². The number of rotatable bonds is 3. The lowest BCUT2D eigenvalue weighted by molar-refractivity contribution is 0.601. The van der Waals surface area contributed by atoms with Crippen molar-refractivity contribution < 1.29 is 8.42 Å². The minimum absolute atomic E-state index is 0.0873. The van der Waals surface area contributed by atoms with Crippen LogP contribution in [0.15, 0.2) is 56.9 Å². The standard InChI is InChI=1S/C16H14ClN3O4S/c1-19-14-7-6-12(9-13(14)15(21)20(2)16(19)22)25(23,24)18-11-5-3-4-10(17)8-11/h3-9,18H,1-2H3. The number of halogens is 1. The van der Waals surface area contributed by atoms with Gasteiger partial charge in [0.25, 0.3) is 15.6 Å². The highest BCUT2D eigenvalue weighted by Crippen LogP contribution is 2.21. The molecule has 3 aromatic rings. The molecule has 1 aromatic heterocycles. The largest absolute Gasteiger partial charge is 0.330 e. The van der Waals surface area contributed by atoms with E-state index in [4.69, 9.17) is 11.6 Å². The Bertz CT molecular complexity index is 1210. The highest BCUT2D eigenvalue weighted by atomic mass is 35.5. The van der Waals surface area contributed by atoms with Gasteiger partial charge in [0.15, 0.2) is 0 Å². The van der Waals surface area contributed by atoms with Crippen molar-refractivity contribution in [2.45, 2.75) is 4.90 Å². The van der Waals surface area contributed by atoms with Crippen LogP contribution in [0.1, 0.15) is 0 Å². The second-order valence-corrected chi connectivity index (χ2v) is 7.62. The molecule has 0 saturated heterocycles. The van der Waals surface area contributed by atoms with Gasteiger partial charge in [0.05, 0.1) is 21.5 Å². The van der Waals surface area contributed by atoms with Crippen molar-refractivity contribution in [3.05, 3.63) is 68.3 Å². The van der Waals surface area contributed by atoms with Crippen LogP contribution >= 0.6 is 11.6 Å². The van der Waals surface area contributed by atoms with Crippen LogP contribution in [0, 0.1) is 0 Å². The van der Waals surface area contributed by atoms with Crippen molar-refractivity contribution >= 4 is 38.2 Å². The maximum Gasteiger partial charge on any atom is 0.330 e. The van der Waals surface area contributed by atoms with E-state index in [0.717, 1.165) is 4.57 Å². The van der Waals surface area contributed by atoms with Crippen molar-refractivity contribution in [1.82, 2.24) is 9.13 Å². The van der Waals surface area contributed by atoms with Crippen LogP contribution in [-0.4, -0.2) is 17.6 Å². The van der Waals surface area contributed by atoms with Crippen LogP contribution in [0.3, 0.4) is 0 Å². The van der Waals surface area contributed by atoms with Crippen LogP contribution < -0.4 is 16.0 Å². The Hall–Kier alpha value is -2.58. The van der Waals surface area contributed by atoms with Gasteiger partial charge in [-0.25, -0.2) is 13.2 Å². The summed E-state index contributed by atoms with van der Waals surface area (Å²) in [5, 5.41) is 0.529. The molecule has 130 valence electrons. The molecule has 1 N–H and O–H groups in total. The van der Waals surface area contributed by atoms with Crippen molar-refractivity contribution in [2.24, 2.45) is 14.1 Å². The summed E-state index contributed by atoms with van der Waals surface area (Å²) in [6.07, 6.45) is 0. The minimum atomic E-state index is -3.92. The van der Waals surface area contributed by atoms with Crippen molar-refractivity contribution in [3.8, 4) is 0 Å². The fourth-order valence-corrected chi connectivity index (χ4v) is 3.77. The van der Waals surface area contributed by atoms with E-state index >= 15 is 0 Å². The maximum atomic E-state index is 12.6. The molecule has 0 unspecified atom stereocenters. The number of aromatic nitrogens is 2. The Kier molecular flexibility index (Phi) is 4.18. The molecule has 0 aliphatic heterocycles. The summed E-state index contributed by atoms with van der Waals surface area (Å²) >= 11 is 5.86. The minimum Gasteiger partial charge on any atom is -0.296 e. The highest BCUT2D eigenvalue weighted by molar-refractivity contribution is 7.92. The lowest BCUT2D eigenvalue weighted by Gasteiger charge is -2.11. The van der Waals surface area contributed by atoms with Crippen LogP contribution in [0.2, 0.25) is 5.02 Å². The van der Waals surface area contributed by atoms with E-state index in [-0.39, 0.29) is 10.3 Å². The van der Waals surface area contributed by atoms with E-state index in [2.05, 4.69) is 4.72 Å². The van der Waals surface area contributed by atoms with E-state index in [1.54, 1.807) is 18.2 Å². The number of hydrogen-bond donors (Lipinski definition) is 1. The number of sulfonamides is 1. The van der Waals surface area contributed by atoms with E-state index in [9.17, 15) is 18.0 Å². The number of benzene rings is 2. The lowest BCUT2D eigenvalue weighted by atomic mass is 10.2. The second kappa shape index (κ2) is 6.05. The first-order valence-corrected chi connectivity index (χ1v) is 9.05. The summed E-state index contributed by atoms with van der Waals surface area (Å²) in [5.41, 5.74) is -0.376. The third kappa shape index (κ3) is 3.06. The predicted octanol–water partition coefficient (Wildman–Crippen LogP) is 1.69. The van der Waals surface area contributed by atoms with Crippen molar-refractivity contribution in [3.63, 3.8) is 0 Å². The molecule has 0 fully saturated rings. The number of aryl methyl sites for hydroxylation is 1. The molecule has 0 atom stereocenters. The van der Waals surface area contributed by atoms with Crippen molar-refractivity contribution in [1.29, 1.82) is 0 Å². The van der Waals surface area contributed by atoms with Gasteiger partial charge >= 0.3 is 5.69 Å². The summed E-state index contributed by atoms with van der Waals surface area (Å²) in [4.78, 5) is 24.2. The molecule has 25 heavy (non-hydrogen) atoms. The fraction of sp³-hybridized carbons (Fsp3) is 0.125. The van der Waals surface area contributed by atoms with E-state index in [1.165, 1.54) is 42.9 Å². The summed E-state index contributed by atoms with van der Waals surface area (Å²) in [5.74, 6) is 0. The van der Waals surface area contributed by atoms with Gasteiger partial charge in [0, 0.05) is 19.1 Å². The van der Waals surface area contributed by atoms with E-state index < -0.39 is 21.3 Å². The average Bonchev–Trinajstić information content (AvgIpc) is 2.57. The number of anilines is 1. The first-order chi connectivity index (χ1) is 11.7. The average molecular weight is 380 g/mol. The maximum absolute atomic E-state index is 12.6. The molecular formula is C16H14ClN3O4S. The van der Waals surface area contributed by atoms with Gasteiger partial charge in [-0.3, -0.25) is 18.7 Å². The molecule has 0 amide bonds. The molecule has 0 spiro atoms. The molecule has 0 radical (unpaired) electrons. The third-order valence-electron chi connectivity index (χ3n) is 3.83. The van der Waals surface area contributed by atoms with Crippen LogP contribution in [0.5, 0.6) is 0 Å². The molecule has 3 rings (SSSR count). The number of nitrogens with one attached hydrogen (secondary N) is 1. The van der Waals surface area contributed by atoms with Gasteiger partial charge in [0.1, 0.15) is 0 Å². The lowest BCUT2D eigenvalue weighted by Crippen LogP contribution is -2.37. The molecular weight excluding hydrogens is 366 g/mol. The SMILES string of the molecule is Cn1c(=O)c2cc(S(=O)(=O)Nc3cccc(Cl)c3)ccc2n(C)c1=O. The predicted molar refractivity (Wildman–Crippen MR) is 96.7 cm³/mol. The third-order valence-corrected chi connectivity index (χ3v) is 5.44. The van der Waals surface area contributed by atoms with Gasteiger partial charge in [-0.05, 0) is 36.4 Å². The van der Waals surface area contributed by atoms with Gasteiger partial charge in [-0.2, -0.15) is 0 Å². The zero-order valence-electron chi connectivity index (χ0n) is 13.4. The van der Waals surface area contributed by atoms with Gasteiger partial charge in [0.2, 0.25) is 0 Å². The van der Waals surface area contributed by atoms with Crippen LogP contribution in [-0.2, 0) is 24.1 Å². The number of nitrogens with zero attached hydrogens (tertiary/aromatic N) is 2. The topological polar surface area (TPSA) is 90.2 Å². The summed E-state index contributed by atoms with van der Waals surface area (Å²) in [6.45, 7) is 0. The second-order valence-electron chi connectivity index (χ2n) is 5.50. The van der Waals surface area contributed by atoms with Crippen LogP contribution in [0.25, 0.3) is 10.9 Å². The Morgan fingerprint density at radius 2 is 1.72 bits per heavy atom. The van der Waals surface area contributed by atoms with E-state index in [0.29, 0.717) is 16.2 Å². The van der Waals surface area contributed by atoms with E-state index in [1.807, 2.05) is 0 Å². The Labute approximate surface area is 148 Å². The molecule has 0 aliphatic rings. The Morgan fingerprint density at radius 3 is 2.40 bits per heavy atom. The summed E-state index contributed by atoms with van der Waals surface area (Å²) in [7, 11) is -1.06. The molecule has 0 aliphatic carbocycles. The molecule has 0 bridgehead atoms. The summed E-state index contributed by atoms with van der Waals surface area (Å²) < 4.78 is 29.8. The van der Waals surface area contributed by atoms with Crippen LogP contribution in [0.4, 0.5) is 5.69 Å². The summed E-state index contributed by atoms with van der Waals surface area (Å²) in [6, 6.07) is 10.3. The van der Waals surface area contributed by atoms with Crippen molar-refractivity contribution in [2.75, 3.05) is 4.72 Å². The highest BCUT2D eigenvalue weighted by Gasteiger charge is 2.17. The van der Waals surface area contributed by atoms with Gasteiger partial charge in [-0.1, -0.05) is 17.7 Å². The number of hydrogen-bond acceptors (Lipinski definition) is 4. The monoisotopic (exact) mass is 379 g/mol. The molecule has 0 saturated carbocycles. The Balaban J connectivity index is 2.16. The number of fused-ring (bicyclic) bond motifs is 1. The first kappa shape index (κ1) is 17.2. The smallest absolute Gasteiger partial charge is 0.296 e. The zero-order chi connectivity index (χ0) is 18.4.